The minimum Gasteiger partial charge on any atom is -0.309 e. The average Bonchev–Trinajstić information content (AvgIpc) is 4.04. The monoisotopic (exact) mass is 953 g/mol. The van der Waals surface area contributed by atoms with E-state index in [9.17, 15) is 5.26 Å². The van der Waals surface area contributed by atoms with E-state index in [2.05, 4.69) is 104 Å². The number of hydrogen-bond acceptors (Lipinski definition) is 1. The van der Waals surface area contributed by atoms with E-state index in [1.54, 1.807) is 18.2 Å². The molecule has 0 N–H and O–H groups in total. The average molecular weight is 954 g/mol. The SMILES string of the molecule is CC1(C)c2ccccc2-c2ccc3c(c21)c1ccccc1n3-c1ccc(-c2c(C(F)(F)F)cccc2C(F)(F)F)cc1-c1c(C#N)cccc1-n1c2ccccc2c2c3c(ccc21)-c1ccccc1C3(C)C. The Morgan fingerprint density at radius 3 is 1.40 bits per heavy atom. The van der Waals surface area contributed by atoms with Gasteiger partial charge in [-0.05, 0) is 111 Å². The van der Waals surface area contributed by atoms with E-state index in [0.717, 1.165) is 83.1 Å². The molecule has 0 atom stereocenters. The summed E-state index contributed by atoms with van der Waals surface area (Å²) in [5.74, 6) is 0. The first-order valence-electron chi connectivity index (χ1n) is 23.8. The summed E-state index contributed by atoms with van der Waals surface area (Å²) in [6.07, 6.45) is -10.3. The molecule has 3 nitrogen and oxygen atoms in total. The molecule has 0 amide bonds. The molecule has 0 fully saturated rings. The van der Waals surface area contributed by atoms with E-state index >= 15 is 26.3 Å². The number of hydrogen-bond donors (Lipinski definition) is 0. The highest BCUT2D eigenvalue weighted by Gasteiger charge is 2.43. The Labute approximate surface area is 410 Å². The molecule has 9 aromatic carbocycles. The Morgan fingerprint density at radius 2 is 0.889 bits per heavy atom. The predicted molar refractivity (Wildman–Crippen MR) is 276 cm³/mol. The fourth-order valence-corrected chi connectivity index (χ4v) is 12.7. The van der Waals surface area contributed by atoms with Gasteiger partial charge in [-0.15, -0.1) is 0 Å². The molecular weight excluding hydrogens is 913 g/mol. The number of benzene rings is 9. The second-order valence-corrected chi connectivity index (χ2v) is 20.1. The normalized spacial score (nSPS) is 14.5. The van der Waals surface area contributed by atoms with Crippen molar-refractivity contribution in [3.63, 3.8) is 0 Å². The van der Waals surface area contributed by atoms with Gasteiger partial charge in [0.05, 0.1) is 56.2 Å². The van der Waals surface area contributed by atoms with Gasteiger partial charge in [-0.3, -0.25) is 0 Å². The van der Waals surface area contributed by atoms with Crippen molar-refractivity contribution in [3.05, 3.63) is 215 Å². The van der Waals surface area contributed by atoms with Gasteiger partial charge in [0.1, 0.15) is 0 Å². The van der Waals surface area contributed by atoms with Crippen LogP contribution < -0.4 is 0 Å². The van der Waals surface area contributed by atoms with E-state index in [-0.39, 0.29) is 16.7 Å². The standard InChI is InChI=1S/C63H41F6N3/c1-60(2)44-20-9-5-16-37(44)39-28-31-52-56(58(39)60)41-18-7-11-24-48(41)71(52)50-30-27-35(55-46(62(64,65)66)22-14-23-47(55)63(67,68)69)33-43(50)54-36(34-70)15-13-26-51(54)72-49-25-12-8-19-42(49)57-53(72)32-29-40-38-17-6-10-21-45(38)61(3,4)59(40)57/h5-33H,1-4H3. The van der Waals surface area contributed by atoms with Crippen LogP contribution in [0, 0.1) is 11.3 Å². The maximum atomic E-state index is 15.1. The van der Waals surface area contributed by atoms with Crippen LogP contribution in [0.2, 0.25) is 0 Å². The zero-order valence-electron chi connectivity index (χ0n) is 39.4. The fourth-order valence-electron chi connectivity index (χ4n) is 12.7. The maximum Gasteiger partial charge on any atom is 0.417 e. The Morgan fingerprint density at radius 1 is 0.417 bits per heavy atom. The molecule has 0 spiro atoms. The number of aromatic nitrogens is 2. The van der Waals surface area contributed by atoms with Crippen LogP contribution in [0.5, 0.6) is 0 Å². The van der Waals surface area contributed by atoms with E-state index in [1.807, 2.05) is 66.7 Å². The lowest BCUT2D eigenvalue weighted by Gasteiger charge is -2.24. The van der Waals surface area contributed by atoms with Crippen LogP contribution in [0.4, 0.5) is 26.3 Å². The number of nitrogens with zero attached hydrogens (tertiary/aromatic N) is 3. The van der Waals surface area contributed by atoms with Gasteiger partial charge in [0.25, 0.3) is 0 Å². The summed E-state index contributed by atoms with van der Waals surface area (Å²) in [7, 11) is 0. The van der Waals surface area contributed by atoms with Gasteiger partial charge in [-0.25, -0.2) is 0 Å². The Hall–Kier alpha value is -8.35. The van der Waals surface area contributed by atoms with Crippen LogP contribution in [0.25, 0.3) is 99.5 Å². The van der Waals surface area contributed by atoms with Crippen LogP contribution in [-0.4, -0.2) is 9.13 Å². The summed E-state index contributed by atoms with van der Waals surface area (Å²) in [6, 6.07) is 55.4. The van der Waals surface area contributed by atoms with E-state index in [4.69, 9.17) is 0 Å². The number of alkyl halides is 6. The molecule has 2 aromatic heterocycles. The summed E-state index contributed by atoms with van der Waals surface area (Å²) < 4.78 is 94.9. The van der Waals surface area contributed by atoms with Gasteiger partial charge in [-0.1, -0.05) is 143 Å². The number of halogens is 6. The fraction of sp³-hybridized carbons (Fsp3) is 0.127. The third-order valence-electron chi connectivity index (χ3n) is 15.6. The van der Waals surface area contributed by atoms with Gasteiger partial charge < -0.3 is 9.13 Å². The zero-order chi connectivity index (χ0) is 49.8. The molecule has 350 valence electrons. The molecule has 0 unspecified atom stereocenters. The first-order valence-corrected chi connectivity index (χ1v) is 23.8. The smallest absolute Gasteiger partial charge is 0.309 e. The van der Waals surface area contributed by atoms with Crippen molar-refractivity contribution in [3.8, 4) is 62.0 Å². The van der Waals surface area contributed by atoms with Crippen molar-refractivity contribution in [1.82, 2.24) is 9.13 Å². The zero-order valence-corrected chi connectivity index (χ0v) is 39.4. The first-order chi connectivity index (χ1) is 34.5. The molecule has 9 heteroatoms. The Balaban J connectivity index is 1.18. The van der Waals surface area contributed by atoms with Crippen LogP contribution in [0.1, 0.15) is 66.6 Å². The van der Waals surface area contributed by atoms with E-state index < -0.39 is 39.9 Å². The van der Waals surface area contributed by atoms with Gasteiger partial charge >= 0.3 is 12.4 Å². The van der Waals surface area contributed by atoms with Crippen molar-refractivity contribution in [2.24, 2.45) is 0 Å². The Bertz CT molecular complexity index is 4180. The number of nitriles is 1. The minimum atomic E-state index is -5.14. The van der Waals surface area contributed by atoms with E-state index in [1.165, 1.54) is 23.3 Å². The topological polar surface area (TPSA) is 33.6 Å². The highest BCUT2D eigenvalue weighted by atomic mass is 19.4. The summed E-state index contributed by atoms with van der Waals surface area (Å²) in [5.41, 5.74) is 9.16. The minimum absolute atomic E-state index is 0.184. The quantitative estimate of drug-likeness (QED) is 0.162. The summed E-state index contributed by atoms with van der Waals surface area (Å²) >= 11 is 0. The summed E-state index contributed by atoms with van der Waals surface area (Å²) in [5, 5.41) is 15.1. The highest BCUT2D eigenvalue weighted by Crippen LogP contribution is 2.56. The van der Waals surface area contributed by atoms with Crippen LogP contribution in [0.15, 0.2) is 176 Å². The molecule has 2 aliphatic carbocycles. The molecule has 13 rings (SSSR count). The highest BCUT2D eigenvalue weighted by molar-refractivity contribution is 6.17. The van der Waals surface area contributed by atoms with E-state index in [0.29, 0.717) is 29.1 Å². The maximum absolute atomic E-state index is 15.1. The lowest BCUT2D eigenvalue weighted by molar-refractivity contribution is -0.142. The van der Waals surface area contributed by atoms with Crippen molar-refractivity contribution in [2.45, 2.75) is 50.9 Å². The van der Waals surface area contributed by atoms with Gasteiger partial charge in [0.15, 0.2) is 0 Å². The second kappa shape index (κ2) is 14.8. The van der Waals surface area contributed by atoms with Crippen molar-refractivity contribution in [1.29, 1.82) is 5.26 Å². The lowest BCUT2D eigenvalue weighted by Crippen LogP contribution is -2.15. The molecule has 0 radical (unpaired) electrons. The third kappa shape index (κ3) is 5.86. The molecule has 72 heavy (non-hydrogen) atoms. The summed E-state index contributed by atoms with van der Waals surface area (Å²) in [4.78, 5) is 0. The van der Waals surface area contributed by atoms with Crippen LogP contribution >= 0.6 is 0 Å². The predicted octanol–water partition coefficient (Wildman–Crippen LogP) is 17.7. The van der Waals surface area contributed by atoms with Crippen LogP contribution in [-0.2, 0) is 23.2 Å². The van der Waals surface area contributed by atoms with Crippen molar-refractivity contribution < 1.29 is 26.3 Å². The molecule has 2 aliphatic rings. The first kappa shape index (κ1) is 43.7. The molecule has 2 heterocycles. The van der Waals surface area contributed by atoms with Crippen LogP contribution in [0.3, 0.4) is 0 Å². The molecule has 11 aromatic rings. The van der Waals surface area contributed by atoms with Gasteiger partial charge in [0, 0.05) is 49.1 Å². The molecule has 0 bridgehead atoms. The van der Waals surface area contributed by atoms with Crippen molar-refractivity contribution in [2.75, 3.05) is 0 Å². The van der Waals surface area contributed by atoms with Crippen molar-refractivity contribution >= 4 is 43.6 Å². The molecule has 0 aliphatic heterocycles. The Kier molecular flexibility index (Phi) is 9.00. The summed E-state index contributed by atoms with van der Waals surface area (Å²) in [6.45, 7) is 8.85. The second-order valence-electron chi connectivity index (χ2n) is 20.1. The molecule has 0 saturated carbocycles. The lowest BCUT2D eigenvalue weighted by atomic mass is 9.80. The number of para-hydroxylation sites is 2. The molecular formula is C63H41F6N3. The third-order valence-corrected chi connectivity index (χ3v) is 15.6. The van der Waals surface area contributed by atoms with Gasteiger partial charge in [0.2, 0.25) is 0 Å². The largest absolute Gasteiger partial charge is 0.417 e. The molecule has 0 saturated heterocycles. The number of rotatable bonds is 4. The van der Waals surface area contributed by atoms with Gasteiger partial charge in [-0.2, -0.15) is 31.6 Å². The number of fused-ring (bicyclic) bond motifs is 14.